The highest BCUT2D eigenvalue weighted by molar-refractivity contribution is 6.32. The number of piperidine rings is 1. The molecule has 1 fully saturated rings. The predicted octanol–water partition coefficient (Wildman–Crippen LogP) is 2.26. The van der Waals surface area contributed by atoms with Gasteiger partial charge in [-0.25, -0.2) is 0 Å². The molecule has 1 aromatic rings. The molecule has 1 aliphatic rings. The Morgan fingerprint density at radius 2 is 2.00 bits per heavy atom. The number of halogens is 1. The van der Waals surface area contributed by atoms with Crippen LogP contribution in [0, 0.1) is 0 Å². The van der Waals surface area contributed by atoms with Gasteiger partial charge in [0.25, 0.3) is 0 Å². The Labute approximate surface area is 107 Å². The van der Waals surface area contributed by atoms with Gasteiger partial charge in [-0.15, -0.1) is 0 Å². The highest BCUT2D eigenvalue weighted by atomic mass is 35.5. The number of methoxy groups -OCH3 is 1. The third-order valence-electron chi connectivity index (χ3n) is 3.50. The SMILES string of the molecule is COc1ccc(C2(O)CCN(C)CC2)cc1Cl. The Morgan fingerprint density at radius 3 is 2.53 bits per heavy atom. The average molecular weight is 256 g/mol. The van der Waals surface area contributed by atoms with E-state index in [4.69, 9.17) is 16.3 Å². The monoisotopic (exact) mass is 255 g/mol. The van der Waals surface area contributed by atoms with Crippen molar-refractivity contribution in [1.29, 1.82) is 0 Å². The minimum absolute atomic E-state index is 0.553. The van der Waals surface area contributed by atoms with Crippen molar-refractivity contribution in [1.82, 2.24) is 4.90 Å². The van der Waals surface area contributed by atoms with E-state index in [1.165, 1.54) is 0 Å². The van der Waals surface area contributed by atoms with Gasteiger partial charge in [0.2, 0.25) is 0 Å². The molecule has 0 radical (unpaired) electrons. The highest BCUT2D eigenvalue weighted by Gasteiger charge is 2.33. The second-order valence-corrected chi connectivity index (χ2v) is 5.09. The van der Waals surface area contributed by atoms with Crippen molar-refractivity contribution in [2.75, 3.05) is 27.2 Å². The van der Waals surface area contributed by atoms with Gasteiger partial charge >= 0.3 is 0 Å². The summed E-state index contributed by atoms with van der Waals surface area (Å²) in [5.41, 5.74) is 0.138. The lowest BCUT2D eigenvalue weighted by molar-refractivity contribution is -0.0203. The van der Waals surface area contributed by atoms with Crippen LogP contribution in [0.1, 0.15) is 18.4 Å². The first kappa shape index (κ1) is 12.7. The number of ether oxygens (including phenoxy) is 1. The van der Waals surface area contributed by atoms with Crippen molar-refractivity contribution in [3.63, 3.8) is 0 Å². The standard InChI is InChI=1S/C13H18ClNO2/c1-15-7-5-13(16,6-8-15)10-3-4-12(17-2)11(14)9-10/h3-4,9,16H,5-8H2,1-2H3. The van der Waals surface area contributed by atoms with Gasteiger partial charge in [0.15, 0.2) is 0 Å². The number of benzene rings is 1. The van der Waals surface area contributed by atoms with Crippen molar-refractivity contribution in [3.05, 3.63) is 28.8 Å². The van der Waals surface area contributed by atoms with E-state index in [0.29, 0.717) is 10.8 Å². The molecule has 1 heterocycles. The number of hydrogen-bond donors (Lipinski definition) is 1. The van der Waals surface area contributed by atoms with Gasteiger partial charge in [-0.05, 0) is 37.6 Å². The Kier molecular flexibility index (Phi) is 3.61. The van der Waals surface area contributed by atoms with Crippen molar-refractivity contribution in [2.24, 2.45) is 0 Å². The summed E-state index contributed by atoms with van der Waals surface area (Å²) < 4.78 is 5.12. The molecule has 1 aliphatic heterocycles. The van der Waals surface area contributed by atoms with Crippen LogP contribution < -0.4 is 4.74 Å². The molecule has 0 bridgehead atoms. The lowest BCUT2D eigenvalue weighted by atomic mass is 9.84. The van der Waals surface area contributed by atoms with E-state index < -0.39 is 5.60 Å². The maximum Gasteiger partial charge on any atom is 0.137 e. The zero-order chi connectivity index (χ0) is 12.5. The normalized spacial score (nSPS) is 20.2. The van der Waals surface area contributed by atoms with Crippen LogP contribution in [0.5, 0.6) is 5.75 Å². The molecule has 0 spiro atoms. The molecule has 0 unspecified atom stereocenters. The van der Waals surface area contributed by atoms with Crippen molar-refractivity contribution in [3.8, 4) is 5.75 Å². The summed E-state index contributed by atoms with van der Waals surface area (Å²) in [6.45, 7) is 1.81. The number of rotatable bonds is 2. The summed E-state index contributed by atoms with van der Waals surface area (Å²) in [6, 6.07) is 5.52. The summed E-state index contributed by atoms with van der Waals surface area (Å²) in [5, 5.41) is 11.2. The van der Waals surface area contributed by atoms with Crippen LogP contribution >= 0.6 is 11.6 Å². The summed E-state index contributed by atoms with van der Waals surface area (Å²) in [7, 11) is 3.66. The number of likely N-dealkylation sites (tertiary alicyclic amines) is 1. The second-order valence-electron chi connectivity index (χ2n) is 4.68. The lowest BCUT2D eigenvalue weighted by Crippen LogP contribution is -2.40. The number of hydrogen-bond acceptors (Lipinski definition) is 3. The van der Waals surface area contributed by atoms with Gasteiger partial charge in [0.05, 0.1) is 17.7 Å². The van der Waals surface area contributed by atoms with Gasteiger partial charge in [-0.3, -0.25) is 0 Å². The molecule has 0 atom stereocenters. The van der Waals surface area contributed by atoms with E-state index in [1.807, 2.05) is 18.2 Å². The third kappa shape index (κ3) is 2.57. The van der Waals surface area contributed by atoms with E-state index in [-0.39, 0.29) is 0 Å². The zero-order valence-corrected chi connectivity index (χ0v) is 11.0. The Bertz CT molecular complexity index is 400. The average Bonchev–Trinajstić information content (AvgIpc) is 2.33. The molecule has 0 aromatic heterocycles. The van der Waals surface area contributed by atoms with Gasteiger partial charge in [-0.2, -0.15) is 0 Å². The summed E-state index contributed by atoms with van der Waals surface area (Å²) in [4.78, 5) is 2.22. The van der Waals surface area contributed by atoms with Gasteiger partial charge in [-0.1, -0.05) is 17.7 Å². The van der Waals surface area contributed by atoms with Gasteiger partial charge in [0.1, 0.15) is 5.75 Å². The van der Waals surface area contributed by atoms with E-state index in [1.54, 1.807) is 7.11 Å². The Hall–Kier alpha value is -0.770. The topological polar surface area (TPSA) is 32.7 Å². The fourth-order valence-corrected chi connectivity index (χ4v) is 2.49. The molecule has 0 saturated carbocycles. The molecule has 17 heavy (non-hydrogen) atoms. The van der Waals surface area contributed by atoms with E-state index in [2.05, 4.69) is 11.9 Å². The molecule has 0 amide bonds. The molecule has 4 heteroatoms. The fraction of sp³-hybridized carbons (Fsp3) is 0.538. The second kappa shape index (κ2) is 4.84. The summed E-state index contributed by atoms with van der Waals surface area (Å²) in [6.07, 6.45) is 1.48. The van der Waals surface area contributed by atoms with Crippen LogP contribution in [0.2, 0.25) is 5.02 Å². The van der Waals surface area contributed by atoms with Crippen molar-refractivity contribution >= 4 is 11.6 Å². The highest BCUT2D eigenvalue weighted by Crippen LogP contribution is 2.36. The summed E-state index contributed by atoms with van der Waals surface area (Å²) >= 11 is 6.09. The first-order chi connectivity index (χ1) is 8.05. The third-order valence-corrected chi connectivity index (χ3v) is 3.80. The Balaban J connectivity index is 2.24. The summed E-state index contributed by atoms with van der Waals surface area (Å²) in [5.74, 6) is 0.645. The molecular weight excluding hydrogens is 238 g/mol. The van der Waals surface area contributed by atoms with Crippen molar-refractivity contribution < 1.29 is 9.84 Å². The number of nitrogens with zero attached hydrogens (tertiary/aromatic N) is 1. The van der Waals surface area contributed by atoms with Crippen molar-refractivity contribution in [2.45, 2.75) is 18.4 Å². The fourth-order valence-electron chi connectivity index (χ4n) is 2.23. The van der Waals surface area contributed by atoms with Crippen LogP contribution in [0.4, 0.5) is 0 Å². The van der Waals surface area contributed by atoms with E-state index in [0.717, 1.165) is 31.5 Å². The molecule has 1 aromatic carbocycles. The van der Waals surface area contributed by atoms with Gasteiger partial charge < -0.3 is 14.7 Å². The number of aliphatic hydroxyl groups is 1. The minimum atomic E-state index is -0.748. The molecular formula is C13H18ClNO2. The first-order valence-electron chi connectivity index (χ1n) is 5.80. The largest absolute Gasteiger partial charge is 0.495 e. The zero-order valence-electron chi connectivity index (χ0n) is 10.2. The lowest BCUT2D eigenvalue weighted by Gasteiger charge is -2.37. The van der Waals surface area contributed by atoms with Crippen LogP contribution in [-0.4, -0.2) is 37.3 Å². The van der Waals surface area contributed by atoms with E-state index in [9.17, 15) is 5.11 Å². The molecule has 2 rings (SSSR count). The quantitative estimate of drug-likeness (QED) is 0.880. The molecule has 1 saturated heterocycles. The van der Waals surface area contributed by atoms with Crippen LogP contribution in [0.3, 0.4) is 0 Å². The maximum atomic E-state index is 10.6. The minimum Gasteiger partial charge on any atom is -0.495 e. The molecule has 1 N–H and O–H groups in total. The molecule has 94 valence electrons. The first-order valence-corrected chi connectivity index (χ1v) is 6.18. The smallest absolute Gasteiger partial charge is 0.137 e. The Morgan fingerprint density at radius 1 is 1.35 bits per heavy atom. The maximum absolute atomic E-state index is 10.6. The van der Waals surface area contributed by atoms with Crippen LogP contribution in [0.15, 0.2) is 18.2 Å². The van der Waals surface area contributed by atoms with Gasteiger partial charge in [0, 0.05) is 13.1 Å². The van der Waals surface area contributed by atoms with E-state index >= 15 is 0 Å². The predicted molar refractivity (Wildman–Crippen MR) is 68.6 cm³/mol. The molecule has 0 aliphatic carbocycles. The molecule has 3 nitrogen and oxygen atoms in total. The van der Waals surface area contributed by atoms with Crippen LogP contribution in [0.25, 0.3) is 0 Å². The van der Waals surface area contributed by atoms with Crippen LogP contribution in [-0.2, 0) is 5.60 Å².